The third-order valence-electron chi connectivity index (χ3n) is 7.07. The van der Waals surface area contributed by atoms with E-state index < -0.39 is 23.8 Å². The molecule has 1 unspecified atom stereocenters. The summed E-state index contributed by atoms with van der Waals surface area (Å²) in [5, 5.41) is 2.22. The van der Waals surface area contributed by atoms with Gasteiger partial charge in [-0.2, -0.15) is 0 Å². The van der Waals surface area contributed by atoms with Gasteiger partial charge in [0.05, 0.1) is 11.1 Å². The maximum Gasteiger partial charge on any atom is 0.262 e. The van der Waals surface area contributed by atoms with Crippen LogP contribution in [0.25, 0.3) is 0 Å². The SMILES string of the molecule is NCC12CC(CCN1Cc1ccc3c(c1)C(=O)N(C1CCC(=O)NC1=O)C3=O)C2. The number of amides is 4. The number of nitrogens with zero attached hydrogens (tertiary/aromatic N) is 2. The Kier molecular flexibility index (Phi) is 4.11. The number of rotatable bonds is 4. The summed E-state index contributed by atoms with van der Waals surface area (Å²) in [5.41, 5.74) is 7.75. The van der Waals surface area contributed by atoms with Gasteiger partial charge in [0.1, 0.15) is 6.04 Å². The average Bonchev–Trinajstić information content (AvgIpc) is 2.92. The predicted molar refractivity (Wildman–Crippen MR) is 103 cm³/mol. The summed E-state index contributed by atoms with van der Waals surface area (Å²) < 4.78 is 0. The Labute approximate surface area is 168 Å². The number of carbonyl (C=O) groups is 4. The summed E-state index contributed by atoms with van der Waals surface area (Å²) in [4.78, 5) is 52.8. The molecule has 1 aromatic carbocycles. The fourth-order valence-corrected chi connectivity index (χ4v) is 5.43. The van der Waals surface area contributed by atoms with Crippen LogP contribution in [0.2, 0.25) is 0 Å². The molecule has 3 N–H and O–H groups in total. The summed E-state index contributed by atoms with van der Waals surface area (Å²) in [6.45, 7) is 2.32. The van der Waals surface area contributed by atoms with Crippen molar-refractivity contribution >= 4 is 23.6 Å². The molecule has 1 aromatic rings. The quantitative estimate of drug-likeness (QED) is 0.713. The number of hydrogen-bond acceptors (Lipinski definition) is 6. The fraction of sp³-hybridized carbons (Fsp3) is 0.524. The predicted octanol–water partition coefficient (Wildman–Crippen LogP) is 0.401. The van der Waals surface area contributed by atoms with E-state index >= 15 is 0 Å². The smallest absolute Gasteiger partial charge is 0.262 e. The molecule has 3 saturated heterocycles. The van der Waals surface area contributed by atoms with E-state index in [1.807, 2.05) is 6.07 Å². The van der Waals surface area contributed by atoms with E-state index in [0.717, 1.165) is 35.8 Å². The highest BCUT2D eigenvalue weighted by Gasteiger charge is 2.51. The molecule has 0 radical (unpaired) electrons. The summed E-state index contributed by atoms with van der Waals surface area (Å²) in [7, 11) is 0. The van der Waals surface area contributed by atoms with Gasteiger partial charge in [0, 0.05) is 25.0 Å². The van der Waals surface area contributed by atoms with Crippen LogP contribution in [-0.4, -0.2) is 58.1 Å². The minimum absolute atomic E-state index is 0.0700. The number of hydrogen-bond donors (Lipinski definition) is 2. The molecule has 0 spiro atoms. The summed E-state index contributed by atoms with van der Waals surface area (Å²) >= 11 is 0. The molecule has 4 amide bonds. The van der Waals surface area contributed by atoms with Crippen LogP contribution >= 0.6 is 0 Å². The van der Waals surface area contributed by atoms with Crippen molar-refractivity contribution in [3.8, 4) is 0 Å². The molecule has 2 bridgehead atoms. The third kappa shape index (κ3) is 2.73. The van der Waals surface area contributed by atoms with Crippen molar-refractivity contribution in [3.05, 3.63) is 34.9 Å². The Bertz CT molecular complexity index is 937. The molecule has 6 rings (SSSR count). The second-order valence-corrected chi connectivity index (χ2v) is 8.74. The van der Waals surface area contributed by atoms with Gasteiger partial charge in [0.25, 0.3) is 11.8 Å². The van der Waals surface area contributed by atoms with E-state index in [1.54, 1.807) is 12.1 Å². The molecule has 4 heterocycles. The molecule has 29 heavy (non-hydrogen) atoms. The third-order valence-corrected chi connectivity index (χ3v) is 7.07. The molecule has 0 aromatic heterocycles. The Morgan fingerprint density at radius 1 is 1.07 bits per heavy atom. The molecule has 8 nitrogen and oxygen atoms in total. The van der Waals surface area contributed by atoms with E-state index in [-0.39, 0.29) is 24.3 Å². The van der Waals surface area contributed by atoms with Gasteiger partial charge in [-0.3, -0.25) is 34.3 Å². The summed E-state index contributed by atoms with van der Waals surface area (Å²) in [6, 6.07) is 4.40. The van der Waals surface area contributed by atoms with Crippen LogP contribution in [0.4, 0.5) is 0 Å². The summed E-state index contributed by atoms with van der Waals surface area (Å²) in [6.07, 6.45) is 3.72. The van der Waals surface area contributed by atoms with Crippen molar-refractivity contribution in [2.45, 2.75) is 50.2 Å². The first-order valence-electron chi connectivity index (χ1n) is 10.2. The van der Waals surface area contributed by atoms with Crippen LogP contribution in [0, 0.1) is 5.92 Å². The number of nitrogens with one attached hydrogen (secondary N) is 1. The number of benzene rings is 1. The standard InChI is InChI=1S/C21H24N4O4/c22-11-21-8-13(9-21)5-6-24(21)10-12-1-2-14-15(7-12)20(29)25(19(14)28)16-3-4-17(26)23-18(16)27/h1-2,7,13,16H,3-6,8-11,22H2,(H,23,26,27). The normalized spacial score (nSPS) is 31.6. The number of nitrogens with two attached hydrogens (primary N) is 1. The number of imide groups is 2. The molecule has 1 atom stereocenters. The molecule has 1 aliphatic carbocycles. The van der Waals surface area contributed by atoms with Crippen molar-refractivity contribution in [3.63, 3.8) is 0 Å². The minimum Gasteiger partial charge on any atom is -0.329 e. The van der Waals surface area contributed by atoms with Crippen LogP contribution in [-0.2, 0) is 16.1 Å². The van der Waals surface area contributed by atoms with Gasteiger partial charge in [0.2, 0.25) is 11.8 Å². The second kappa shape index (κ2) is 6.47. The Morgan fingerprint density at radius 2 is 1.83 bits per heavy atom. The molecule has 5 aliphatic rings. The Hall–Kier alpha value is -2.58. The first-order chi connectivity index (χ1) is 13.9. The monoisotopic (exact) mass is 396 g/mol. The van der Waals surface area contributed by atoms with Crippen molar-refractivity contribution in [2.75, 3.05) is 13.1 Å². The largest absolute Gasteiger partial charge is 0.329 e. The average molecular weight is 396 g/mol. The number of piperidine rings is 3. The van der Waals surface area contributed by atoms with Crippen LogP contribution in [0.1, 0.15) is 58.4 Å². The topological polar surface area (TPSA) is 113 Å². The molecular weight excluding hydrogens is 372 g/mol. The molecule has 1 saturated carbocycles. The highest BCUT2D eigenvalue weighted by Crippen LogP contribution is 2.48. The molecular formula is C21H24N4O4. The molecule has 4 aliphatic heterocycles. The van der Waals surface area contributed by atoms with E-state index in [9.17, 15) is 19.2 Å². The van der Waals surface area contributed by atoms with Crippen LogP contribution in [0.3, 0.4) is 0 Å². The zero-order valence-electron chi connectivity index (χ0n) is 16.1. The lowest BCUT2D eigenvalue weighted by atomic mass is 9.62. The molecule has 4 fully saturated rings. The van der Waals surface area contributed by atoms with Gasteiger partial charge in [0.15, 0.2) is 0 Å². The maximum absolute atomic E-state index is 13.0. The Morgan fingerprint density at radius 3 is 2.55 bits per heavy atom. The second-order valence-electron chi connectivity index (χ2n) is 8.74. The van der Waals surface area contributed by atoms with Crippen LogP contribution in [0.5, 0.6) is 0 Å². The molecule has 8 heteroatoms. The van der Waals surface area contributed by atoms with Gasteiger partial charge in [-0.15, -0.1) is 0 Å². The van der Waals surface area contributed by atoms with E-state index in [0.29, 0.717) is 24.2 Å². The highest BCUT2D eigenvalue weighted by molar-refractivity contribution is 6.23. The zero-order chi connectivity index (χ0) is 20.3. The first-order valence-corrected chi connectivity index (χ1v) is 10.2. The van der Waals surface area contributed by atoms with Gasteiger partial charge < -0.3 is 5.73 Å². The van der Waals surface area contributed by atoms with Gasteiger partial charge in [-0.05, 0) is 55.8 Å². The van der Waals surface area contributed by atoms with Crippen molar-refractivity contribution in [2.24, 2.45) is 11.7 Å². The highest BCUT2D eigenvalue weighted by atomic mass is 16.2. The van der Waals surface area contributed by atoms with Crippen LogP contribution in [0.15, 0.2) is 18.2 Å². The maximum atomic E-state index is 13.0. The van der Waals surface area contributed by atoms with Crippen molar-refractivity contribution in [1.29, 1.82) is 0 Å². The Balaban J connectivity index is 1.38. The fourth-order valence-electron chi connectivity index (χ4n) is 5.43. The first kappa shape index (κ1) is 18.4. The van der Waals surface area contributed by atoms with Crippen molar-refractivity contribution < 1.29 is 19.2 Å². The summed E-state index contributed by atoms with van der Waals surface area (Å²) in [5.74, 6) is -1.11. The minimum atomic E-state index is -0.932. The van der Waals surface area contributed by atoms with Gasteiger partial charge in [-0.25, -0.2) is 0 Å². The number of carbonyl (C=O) groups excluding carboxylic acids is 4. The van der Waals surface area contributed by atoms with Crippen LogP contribution < -0.4 is 11.1 Å². The lowest BCUT2D eigenvalue weighted by molar-refractivity contribution is -0.136. The zero-order valence-corrected chi connectivity index (χ0v) is 16.1. The van der Waals surface area contributed by atoms with Crippen molar-refractivity contribution in [1.82, 2.24) is 15.1 Å². The van der Waals surface area contributed by atoms with Gasteiger partial charge >= 0.3 is 0 Å². The van der Waals surface area contributed by atoms with E-state index in [4.69, 9.17) is 5.73 Å². The van der Waals surface area contributed by atoms with E-state index in [1.165, 1.54) is 6.42 Å². The van der Waals surface area contributed by atoms with E-state index in [2.05, 4.69) is 10.2 Å². The van der Waals surface area contributed by atoms with Gasteiger partial charge in [-0.1, -0.05) is 6.07 Å². The molecule has 152 valence electrons. The lowest BCUT2D eigenvalue weighted by Gasteiger charge is -2.59. The number of fused-ring (bicyclic) bond motifs is 3. The lowest BCUT2D eigenvalue weighted by Crippen LogP contribution is -2.65.